The Labute approximate surface area is 250 Å². The predicted octanol–water partition coefficient (Wildman–Crippen LogP) is 4.64. The van der Waals surface area contributed by atoms with Crippen LogP contribution < -0.4 is 14.8 Å². The Morgan fingerprint density at radius 1 is 0.837 bits per heavy atom. The molecule has 0 radical (unpaired) electrons. The molecule has 3 atom stereocenters. The van der Waals surface area contributed by atoms with E-state index in [-0.39, 0.29) is 30.1 Å². The van der Waals surface area contributed by atoms with E-state index in [0.29, 0.717) is 23.6 Å². The van der Waals surface area contributed by atoms with Crippen LogP contribution in [0.25, 0.3) is 0 Å². The van der Waals surface area contributed by atoms with Gasteiger partial charge in [0, 0.05) is 17.9 Å². The van der Waals surface area contributed by atoms with E-state index in [1.165, 1.54) is 14.2 Å². The molecule has 1 heterocycles. The molecule has 3 amide bonds. The Morgan fingerprint density at radius 2 is 1.40 bits per heavy atom. The summed E-state index contributed by atoms with van der Waals surface area (Å²) in [6.07, 6.45) is 1.62. The number of nitrogens with one attached hydrogen (secondary N) is 1. The Morgan fingerprint density at radius 3 is 1.88 bits per heavy atom. The second-order valence-electron chi connectivity index (χ2n) is 11.2. The van der Waals surface area contributed by atoms with E-state index in [1.807, 2.05) is 55.5 Å². The van der Waals surface area contributed by atoms with Gasteiger partial charge in [-0.2, -0.15) is 0 Å². The summed E-state index contributed by atoms with van der Waals surface area (Å²) in [6, 6.07) is 19.8. The first kappa shape index (κ1) is 28.5. The second-order valence-corrected chi connectivity index (χ2v) is 11.2. The molecule has 0 saturated carbocycles. The van der Waals surface area contributed by atoms with Gasteiger partial charge in [0.15, 0.2) is 6.61 Å². The van der Waals surface area contributed by atoms with Crippen molar-refractivity contribution in [1.82, 2.24) is 4.90 Å². The zero-order valence-corrected chi connectivity index (χ0v) is 24.4. The fourth-order valence-corrected chi connectivity index (χ4v) is 7.09. The van der Waals surface area contributed by atoms with E-state index in [2.05, 4.69) is 5.32 Å². The Kier molecular flexibility index (Phi) is 7.64. The standard InChI is InChI=1S/C34H34N2O7/c1-4-5-14-25(34(40)43-18-27(37)35-24-17-19(41-2)15-16-26(24)42-3)36-32(38)30-28-20-10-6-7-11-21(20)29(31(30)33(36)39)23-13-9-8-12-22(23)28/h6-13,15-17,25,28-31H,4-5,14,18H2,1-3H3,(H,35,37)/t25-,28?,29?,30-,31-/m1/s1. The second kappa shape index (κ2) is 11.6. The number of imide groups is 1. The maximum absolute atomic E-state index is 14.2. The molecule has 7 rings (SSSR count). The molecule has 0 unspecified atom stereocenters. The molecular formula is C34H34N2O7. The maximum Gasteiger partial charge on any atom is 0.329 e. The van der Waals surface area contributed by atoms with E-state index < -0.39 is 36.4 Å². The zero-order valence-electron chi connectivity index (χ0n) is 24.4. The van der Waals surface area contributed by atoms with E-state index in [9.17, 15) is 19.2 Å². The molecular weight excluding hydrogens is 548 g/mol. The number of unbranched alkanes of at least 4 members (excludes halogenated alkanes) is 1. The van der Waals surface area contributed by atoms with Crippen molar-refractivity contribution < 1.29 is 33.4 Å². The monoisotopic (exact) mass is 582 g/mol. The van der Waals surface area contributed by atoms with Crippen LogP contribution in [0.2, 0.25) is 0 Å². The molecule has 1 fully saturated rings. The van der Waals surface area contributed by atoms with Gasteiger partial charge in [-0.05, 0) is 40.8 Å². The summed E-state index contributed by atoms with van der Waals surface area (Å²) in [5.74, 6) is -2.87. The normalized spacial score (nSPS) is 21.9. The number of nitrogens with zero attached hydrogens (tertiary/aromatic N) is 1. The number of esters is 1. The van der Waals surface area contributed by atoms with Crippen molar-refractivity contribution in [3.05, 3.63) is 89.0 Å². The largest absolute Gasteiger partial charge is 0.497 e. The van der Waals surface area contributed by atoms with E-state index in [0.717, 1.165) is 33.6 Å². The molecule has 3 aromatic rings. The van der Waals surface area contributed by atoms with Gasteiger partial charge >= 0.3 is 5.97 Å². The minimum Gasteiger partial charge on any atom is -0.497 e. The summed E-state index contributed by atoms with van der Waals surface area (Å²) in [5, 5.41) is 2.67. The number of benzene rings is 3. The number of carbonyl (C=O) groups is 4. The van der Waals surface area contributed by atoms with Gasteiger partial charge in [0.2, 0.25) is 11.8 Å². The molecule has 3 aromatic carbocycles. The number of carbonyl (C=O) groups excluding carboxylic acids is 4. The highest BCUT2D eigenvalue weighted by Crippen LogP contribution is 2.61. The number of rotatable bonds is 10. The van der Waals surface area contributed by atoms with Gasteiger partial charge in [-0.3, -0.25) is 19.3 Å². The van der Waals surface area contributed by atoms with Gasteiger partial charge in [-0.25, -0.2) is 4.79 Å². The third kappa shape index (κ3) is 4.73. The predicted molar refractivity (Wildman–Crippen MR) is 158 cm³/mol. The van der Waals surface area contributed by atoms with Crippen LogP contribution in [0.5, 0.6) is 11.5 Å². The molecule has 43 heavy (non-hydrogen) atoms. The summed E-state index contributed by atoms with van der Waals surface area (Å²) < 4.78 is 16.0. The average molecular weight is 583 g/mol. The number of anilines is 1. The van der Waals surface area contributed by atoms with Gasteiger partial charge in [-0.15, -0.1) is 0 Å². The van der Waals surface area contributed by atoms with Crippen LogP contribution in [0.3, 0.4) is 0 Å². The lowest BCUT2D eigenvalue weighted by molar-refractivity contribution is -0.160. The van der Waals surface area contributed by atoms with Crippen molar-refractivity contribution in [3.8, 4) is 11.5 Å². The summed E-state index contributed by atoms with van der Waals surface area (Å²) in [7, 11) is 2.98. The lowest BCUT2D eigenvalue weighted by atomic mass is 9.55. The van der Waals surface area contributed by atoms with E-state index in [1.54, 1.807) is 18.2 Å². The number of methoxy groups -OCH3 is 2. The van der Waals surface area contributed by atoms with Crippen molar-refractivity contribution in [2.24, 2.45) is 11.8 Å². The summed E-state index contributed by atoms with van der Waals surface area (Å²) >= 11 is 0. The number of hydrogen-bond acceptors (Lipinski definition) is 7. The molecule has 9 heteroatoms. The minimum atomic E-state index is -1.12. The van der Waals surface area contributed by atoms with Gasteiger partial charge in [0.25, 0.3) is 5.91 Å². The number of hydrogen-bond donors (Lipinski definition) is 1. The quantitative estimate of drug-likeness (QED) is 0.274. The van der Waals surface area contributed by atoms with Crippen molar-refractivity contribution in [1.29, 1.82) is 0 Å². The van der Waals surface area contributed by atoms with Crippen molar-refractivity contribution >= 4 is 29.4 Å². The smallest absolute Gasteiger partial charge is 0.329 e. The van der Waals surface area contributed by atoms with E-state index in [4.69, 9.17) is 14.2 Å². The molecule has 1 aliphatic heterocycles. The third-order valence-electron chi connectivity index (χ3n) is 8.92. The lowest BCUT2D eigenvalue weighted by Gasteiger charge is -2.45. The van der Waals surface area contributed by atoms with Crippen LogP contribution >= 0.6 is 0 Å². The first-order chi connectivity index (χ1) is 20.9. The number of likely N-dealkylation sites (tertiary alicyclic amines) is 1. The topological polar surface area (TPSA) is 111 Å². The Hall–Kier alpha value is -4.66. The minimum absolute atomic E-state index is 0.257. The number of amides is 3. The van der Waals surface area contributed by atoms with Crippen molar-refractivity contribution in [2.75, 3.05) is 26.1 Å². The molecule has 222 valence electrons. The zero-order chi connectivity index (χ0) is 30.2. The summed E-state index contributed by atoms with van der Waals surface area (Å²) in [6.45, 7) is 1.38. The molecule has 4 aliphatic rings. The molecule has 3 aliphatic carbocycles. The molecule has 0 spiro atoms. The van der Waals surface area contributed by atoms with Gasteiger partial charge in [-0.1, -0.05) is 68.3 Å². The average Bonchev–Trinajstić information content (AvgIpc) is 3.30. The van der Waals surface area contributed by atoms with Gasteiger partial charge in [0.1, 0.15) is 17.5 Å². The third-order valence-corrected chi connectivity index (χ3v) is 8.92. The lowest BCUT2D eigenvalue weighted by Crippen LogP contribution is -2.47. The van der Waals surface area contributed by atoms with Crippen LogP contribution in [0.1, 0.15) is 60.3 Å². The highest BCUT2D eigenvalue weighted by molar-refractivity contribution is 6.10. The van der Waals surface area contributed by atoms with Crippen LogP contribution in [0, 0.1) is 11.8 Å². The van der Waals surface area contributed by atoms with Crippen LogP contribution in [-0.2, 0) is 23.9 Å². The van der Waals surface area contributed by atoms with Crippen molar-refractivity contribution in [2.45, 2.75) is 44.1 Å². The number of ether oxygens (including phenoxy) is 3. The highest BCUT2D eigenvalue weighted by Gasteiger charge is 2.63. The fraction of sp³-hybridized carbons (Fsp3) is 0.353. The SMILES string of the molecule is CCCC[C@H](C(=O)OCC(=O)Nc1cc(OC)ccc1OC)N1C(=O)[C@@H]2C3c4ccccc4C(c4ccccc43)[C@H]2C1=O. The molecule has 1 saturated heterocycles. The van der Waals surface area contributed by atoms with Gasteiger partial charge < -0.3 is 19.5 Å². The van der Waals surface area contributed by atoms with Crippen molar-refractivity contribution in [3.63, 3.8) is 0 Å². The maximum atomic E-state index is 14.2. The Balaban J connectivity index is 1.24. The van der Waals surface area contributed by atoms with Crippen LogP contribution in [-0.4, -0.2) is 55.5 Å². The molecule has 2 bridgehead atoms. The highest BCUT2D eigenvalue weighted by atomic mass is 16.5. The van der Waals surface area contributed by atoms with Crippen LogP contribution in [0.15, 0.2) is 66.7 Å². The Bertz CT molecular complexity index is 1490. The first-order valence-corrected chi connectivity index (χ1v) is 14.6. The fourth-order valence-electron chi connectivity index (χ4n) is 7.09. The molecule has 9 nitrogen and oxygen atoms in total. The first-order valence-electron chi connectivity index (χ1n) is 14.6. The molecule has 1 N–H and O–H groups in total. The van der Waals surface area contributed by atoms with Crippen LogP contribution in [0.4, 0.5) is 5.69 Å². The van der Waals surface area contributed by atoms with Gasteiger partial charge in [0.05, 0.1) is 31.7 Å². The van der Waals surface area contributed by atoms with E-state index >= 15 is 0 Å². The molecule has 0 aromatic heterocycles. The summed E-state index contributed by atoms with van der Waals surface area (Å²) in [4.78, 5) is 55.8. The summed E-state index contributed by atoms with van der Waals surface area (Å²) in [5.41, 5.74) is 4.61.